The molecule has 0 amide bonds. The van der Waals surface area contributed by atoms with Gasteiger partial charge in [0, 0.05) is 65.5 Å². The minimum Gasteiger partial charge on any atom is -0.309 e. The summed E-state index contributed by atoms with van der Waals surface area (Å²) in [6.45, 7) is 15.7. The maximum absolute atomic E-state index is 2.52. The quantitative estimate of drug-likeness (QED) is 0.128. The second kappa shape index (κ2) is 34.9. The molecule has 0 spiro atoms. The van der Waals surface area contributed by atoms with Crippen LogP contribution in [-0.2, 0) is 0 Å². The van der Waals surface area contributed by atoms with Crippen molar-refractivity contribution < 1.29 is 0 Å². The molecule has 0 saturated heterocycles. The third-order valence-electron chi connectivity index (χ3n) is 32.2. The number of benzene rings is 27. The molecular weight excluding hydrogens is 1780 g/mol. The van der Waals surface area contributed by atoms with Crippen molar-refractivity contribution in [2.45, 2.75) is 48.5 Å². The molecule has 0 atom stereocenters. The van der Waals surface area contributed by atoms with Gasteiger partial charge in [-0.2, -0.15) is 0 Å². The normalized spacial score (nSPS) is 11.9. The lowest BCUT2D eigenvalue weighted by molar-refractivity contribution is 1.18. The first-order valence-electron chi connectivity index (χ1n) is 51.8. The average molecular weight is 1890 g/mol. The Morgan fingerprint density at radius 1 is 0.135 bits per heavy atom. The summed E-state index contributed by atoms with van der Waals surface area (Å²) >= 11 is 0. The Morgan fingerprint density at radius 3 is 0.736 bits per heavy atom. The number of aryl methyl sites for hydroxylation is 7. The fourth-order valence-electron chi connectivity index (χ4n) is 25.4. The Labute approximate surface area is 858 Å². The number of fused-ring (bicyclic) bond motifs is 27. The largest absolute Gasteiger partial charge is 0.309 e. The number of aromatic nitrogens is 3. The molecule has 3 heteroatoms. The van der Waals surface area contributed by atoms with Crippen LogP contribution in [0.15, 0.2) is 485 Å². The minimum atomic E-state index is 1.17. The van der Waals surface area contributed by atoms with E-state index in [2.05, 4.69) is 547 Å². The summed E-state index contributed by atoms with van der Waals surface area (Å²) in [6, 6.07) is 180. The SMILES string of the molecule is Cc1cc(C)c2ccc3c4c5ccccc5ccc4n(-c4ccc(-c5c6ccccc6c(-c6ccccc6)c6ccccc56)cc4)c3c2c1.Cc1cc(C)c2ccc3c4c5ccccc5ccc4n(-c4ccc(-c5c6ccccc6c(-c6ccccc6)c6ccccc56)cc4)c3c2c1C.Cc1cc2ccc3c4c5ccccc5ccc4n(-c4ccc(-c5c6ccccc6c(-c6ccccc6)c6ccccc56)cc4)c3c2cc1C. The highest BCUT2D eigenvalue weighted by molar-refractivity contribution is 6.32. The van der Waals surface area contributed by atoms with E-state index in [1.54, 1.807) is 0 Å². The van der Waals surface area contributed by atoms with E-state index in [-0.39, 0.29) is 0 Å². The zero-order chi connectivity index (χ0) is 98.8. The molecule has 0 fully saturated rings. The van der Waals surface area contributed by atoms with Gasteiger partial charge >= 0.3 is 0 Å². The van der Waals surface area contributed by atoms with Crippen molar-refractivity contribution in [3.8, 4) is 83.8 Å². The average Bonchev–Trinajstić information content (AvgIpc) is 1.57. The Kier molecular flexibility index (Phi) is 20.6. The van der Waals surface area contributed by atoms with Crippen LogP contribution in [0.1, 0.15) is 38.9 Å². The van der Waals surface area contributed by atoms with Crippen molar-refractivity contribution >= 4 is 195 Å². The van der Waals surface area contributed by atoms with Crippen molar-refractivity contribution in [2.24, 2.45) is 0 Å². The first-order chi connectivity index (χ1) is 72.9. The van der Waals surface area contributed by atoms with Crippen LogP contribution in [0.25, 0.3) is 279 Å². The number of hydrogen-bond acceptors (Lipinski definition) is 0. The van der Waals surface area contributed by atoms with Gasteiger partial charge < -0.3 is 13.7 Å². The molecule has 0 aliphatic carbocycles. The fourth-order valence-corrected chi connectivity index (χ4v) is 25.4. The lowest BCUT2D eigenvalue weighted by Crippen LogP contribution is -1.97. The van der Waals surface area contributed by atoms with Crippen molar-refractivity contribution in [1.29, 1.82) is 0 Å². The Bertz CT molecular complexity index is 10600. The van der Waals surface area contributed by atoms with E-state index in [0.717, 1.165) is 0 Å². The summed E-state index contributed by atoms with van der Waals surface area (Å²) in [5.41, 5.74) is 35.4. The summed E-state index contributed by atoms with van der Waals surface area (Å²) in [4.78, 5) is 0. The molecule has 0 saturated carbocycles. The van der Waals surface area contributed by atoms with E-state index in [1.807, 2.05) is 0 Å². The van der Waals surface area contributed by atoms with E-state index >= 15 is 0 Å². The third-order valence-corrected chi connectivity index (χ3v) is 32.2. The van der Waals surface area contributed by atoms with Crippen LogP contribution in [0, 0.1) is 48.5 Å². The van der Waals surface area contributed by atoms with Gasteiger partial charge in [0.1, 0.15) is 0 Å². The lowest BCUT2D eigenvalue weighted by Gasteiger charge is -2.18. The van der Waals surface area contributed by atoms with E-state index < -0.39 is 0 Å². The standard InChI is InChI=1S/C49H35N.2C48H33N/c1-30-29-31(2)37-26-27-43-48-38-16-8-7-13-33(38)23-28-44(48)50(49(43)45(37)32(30)3)36-24-21-35(22-25-36)47-41-19-11-9-17-39(41)46(34-14-5-4-6-15-34)40-18-10-12-20-42(40)47;1-30-28-35-22-26-42-47-37-15-7-6-12-32(37)23-27-44(47)49(48(42)43(35)29-31(30)2)36-24-20-34(21-25-36)46-40-18-10-8-16-38(40)45(33-13-4-3-5-14-33)39-17-9-11-19-41(39)46;1-30-28-31(2)36-25-26-42-47-37-15-7-6-12-32(37)22-27-44(47)49(48(42)43(36)29-30)35-23-20-34(21-24-35)46-40-18-10-8-16-38(40)45(33-13-4-3-5-14-33)39-17-9-11-19-41(39)46/h4-29H,1-3H3;2*3-29H,1-2H3. The molecule has 30 rings (SSSR count). The molecular formula is C145H101N3. The van der Waals surface area contributed by atoms with Crippen LogP contribution >= 0.6 is 0 Å². The molecule has 148 heavy (non-hydrogen) atoms. The van der Waals surface area contributed by atoms with Crippen molar-refractivity contribution in [3.05, 3.63) is 524 Å². The molecule has 3 aromatic heterocycles. The predicted octanol–water partition coefficient (Wildman–Crippen LogP) is 40.4. The summed E-state index contributed by atoms with van der Waals surface area (Å²) in [5, 5.41) is 38.6. The Balaban J connectivity index is 0.000000107. The third kappa shape index (κ3) is 13.8. The van der Waals surface area contributed by atoms with Crippen molar-refractivity contribution in [3.63, 3.8) is 0 Å². The monoisotopic (exact) mass is 1880 g/mol. The van der Waals surface area contributed by atoms with E-state index in [0.29, 0.717) is 0 Å². The molecule has 3 nitrogen and oxygen atoms in total. The molecule has 30 aromatic rings. The first-order valence-corrected chi connectivity index (χ1v) is 51.8. The zero-order valence-electron chi connectivity index (χ0n) is 83.5. The number of hydrogen-bond donors (Lipinski definition) is 0. The van der Waals surface area contributed by atoms with Gasteiger partial charge in [0.15, 0.2) is 0 Å². The Hall–Kier alpha value is -18.5. The van der Waals surface area contributed by atoms with Gasteiger partial charge in [-0.3, -0.25) is 0 Å². The van der Waals surface area contributed by atoms with Crippen LogP contribution in [0.5, 0.6) is 0 Å². The molecule has 696 valence electrons. The maximum atomic E-state index is 2.52. The topological polar surface area (TPSA) is 14.8 Å². The molecule has 0 unspecified atom stereocenters. The lowest BCUT2D eigenvalue weighted by atomic mass is 9.86. The number of rotatable bonds is 9. The highest BCUT2D eigenvalue weighted by Gasteiger charge is 2.28. The van der Waals surface area contributed by atoms with Gasteiger partial charge in [0.05, 0.1) is 33.1 Å². The van der Waals surface area contributed by atoms with Crippen LogP contribution < -0.4 is 0 Å². The molecule has 0 aliphatic rings. The summed E-state index contributed by atoms with van der Waals surface area (Å²) in [6.07, 6.45) is 0. The summed E-state index contributed by atoms with van der Waals surface area (Å²) < 4.78 is 7.51. The van der Waals surface area contributed by atoms with Crippen LogP contribution in [0.3, 0.4) is 0 Å². The van der Waals surface area contributed by atoms with Crippen molar-refractivity contribution in [1.82, 2.24) is 13.7 Å². The van der Waals surface area contributed by atoms with Gasteiger partial charge in [-0.1, -0.05) is 424 Å². The van der Waals surface area contributed by atoms with Crippen LogP contribution in [0.4, 0.5) is 0 Å². The fraction of sp³-hybridized carbons (Fsp3) is 0.0483. The van der Waals surface area contributed by atoms with Gasteiger partial charge in [-0.05, 0) is 328 Å². The second-order valence-electron chi connectivity index (χ2n) is 40.6. The molecule has 27 aromatic carbocycles. The maximum Gasteiger partial charge on any atom is 0.0622 e. The van der Waals surface area contributed by atoms with Gasteiger partial charge in [-0.15, -0.1) is 0 Å². The summed E-state index contributed by atoms with van der Waals surface area (Å²) in [5.74, 6) is 0. The van der Waals surface area contributed by atoms with E-state index in [9.17, 15) is 0 Å². The first kappa shape index (κ1) is 87.3. The van der Waals surface area contributed by atoms with E-state index in [4.69, 9.17) is 0 Å². The van der Waals surface area contributed by atoms with Gasteiger partial charge in [0.25, 0.3) is 0 Å². The highest BCUT2D eigenvalue weighted by atomic mass is 15.0. The Morgan fingerprint density at radius 2 is 0.392 bits per heavy atom. The van der Waals surface area contributed by atoms with Crippen molar-refractivity contribution in [2.75, 3.05) is 0 Å². The zero-order valence-corrected chi connectivity index (χ0v) is 83.5. The van der Waals surface area contributed by atoms with Crippen LogP contribution in [-0.4, -0.2) is 13.7 Å². The molecule has 0 radical (unpaired) electrons. The number of nitrogens with zero attached hydrogens (tertiary/aromatic N) is 3. The smallest absolute Gasteiger partial charge is 0.0622 e. The summed E-state index contributed by atoms with van der Waals surface area (Å²) in [7, 11) is 0. The molecule has 3 heterocycles. The minimum absolute atomic E-state index is 1.17. The predicted molar refractivity (Wildman–Crippen MR) is 638 cm³/mol. The van der Waals surface area contributed by atoms with Gasteiger partial charge in [0.2, 0.25) is 0 Å². The highest BCUT2D eigenvalue weighted by Crippen LogP contribution is 2.52. The second-order valence-corrected chi connectivity index (χ2v) is 40.6. The molecule has 0 N–H and O–H groups in total. The van der Waals surface area contributed by atoms with E-state index in [1.165, 1.54) is 317 Å². The molecule has 0 aliphatic heterocycles. The van der Waals surface area contributed by atoms with Crippen LogP contribution in [0.2, 0.25) is 0 Å². The van der Waals surface area contributed by atoms with Gasteiger partial charge in [-0.25, -0.2) is 0 Å². The molecule has 0 bridgehead atoms.